The number of rotatable bonds is 32. The smallest absolute Gasteiger partial charge is 0.0833 e. The van der Waals surface area contributed by atoms with Crippen molar-refractivity contribution in [3.63, 3.8) is 0 Å². The normalized spacial score (nSPS) is 12.6. The van der Waals surface area contributed by atoms with E-state index >= 15 is 0 Å². The third-order valence-electron chi connectivity index (χ3n) is 8.35. The molecule has 0 aliphatic heterocycles. The summed E-state index contributed by atoms with van der Waals surface area (Å²) in [6.07, 6.45) is 40.1. The monoisotopic (exact) mass is 524 g/mol. The Labute approximate surface area is 235 Å². The zero-order chi connectivity index (χ0) is 27.1. The summed E-state index contributed by atoms with van der Waals surface area (Å²) in [5, 5.41) is 19.7. The van der Waals surface area contributed by atoms with Crippen LogP contribution in [-0.2, 0) is 0 Å². The zero-order valence-corrected chi connectivity index (χ0v) is 25.9. The number of aliphatic hydroxyl groups excluding tert-OH is 2. The third-order valence-corrected chi connectivity index (χ3v) is 8.35. The predicted octanol–water partition coefficient (Wildman–Crippen LogP) is 11.7. The average Bonchev–Trinajstić information content (AvgIpc) is 2.91. The number of aliphatic hydroxyl groups is 2. The summed E-state index contributed by atoms with van der Waals surface area (Å²) in [4.78, 5) is 0. The highest BCUT2D eigenvalue weighted by molar-refractivity contribution is 4.96. The summed E-state index contributed by atoms with van der Waals surface area (Å²) in [6.45, 7) is 4.47. The Bertz CT molecular complexity index is 365. The number of unbranched alkanes of at least 4 members (excludes halogenated alkanes) is 26. The molecule has 2 N–H and O–H groups in total. The molecule has 0 aliphatic carbocycles. The minimum absolute atomic E-state index is 0.105. The lowest BCUT2D eigenvalue weighted by molar-refractivity contribution is 0.0966. The maximum atomic E-state index is 10.2. The fraction of sp³-hybridized carbons (Fsp3) is 0.971. The molecule has 2 heteroatoms. The molecule has 0 bridgehead atoms. The van der Waals surface area contributed by atoms with Crippen LogP contribution in [0.5, 0.6) is 0 Å². The lowest BCUT2D eigenvalue weighted by Crippen LogP contribution is -2.22. The van der Waals surface area contributed by atoms with E-state index in [2.05, 4.69) is 13.8 Å². The summed E-state index contributed by atoms with van der Waals surface area (Å²) in [6, 6.07) is 0. The Morgan fingerprint density at radius 2 is 0.595 bits per heavy atom. The van der Waals surface area contributed by atoms with E-state index in [1.165, 1.54) is 186 Å². The molecule has 0 amide bonds. The first-order valence-corrected chi connectivity index (χ1v) is 17.4. The summed E-state index contributed by atoms with van der Waals surface area (Å²) >= 11 is 0. The molecule has 0 heterocycles. The van der Waals surface area contributed by atoms with Crippen molar-refractivity contribution in [1.82, 2.24) is 0 Å². The average molecular weight is 524 g/mol. The van der Waals surface area contributed by atoms with Crippen LogP contribution in [0.4, 0.5) is 0 Å². The first-order chi connectivity index (χ1) is 18.3. The van der Waals surface area contributed by atoms with Gasteiger partial charge in [0.05, 0.1) is 12.7 Å². The van der Waals surface area contributed by atoms with Gasteiger partial charge in [-0.1, -0.05) is 194 Å². The summed E-state index contributed by atoms with van der Waals surface area (Å²) in [5.41, 5.74) is 0. The van der Waals surface area contributed by atoms with E-state index in [1.54, 1.807) is 0 Å². The quantitative estimate of drug-likeness (QED) is 0.0860. The molecule has 37 heavy (non-hydrogen) atoms. The summed E-state index contributed by atoms with van der Waals surface area (Å²) < 4.78 is 0. The van der Waals surface area contributed by atoms with Crippen molar-refractivity contribution in [2.45, 2.75) is 213 Å². The molecule has 0 saturated heterocycles. The second-order valence-corrected chi connectivity index (χ2v) is 12.0. The van der Waals surface area contributed by atoms with Crippen molar-refractivity contribution in [2.75, 3.05) is 6.61 Å². The highest BCUT2D eigenvalue weighted by atomic mass is 16.3. The fourth-order valence-electron chi connectivity index (χ4n) is 5.68. The van der Waals surface area contributed by atoms with E-state index in [-0.39, 0.29) is 6.61 Å². The maximum absolute atomic E-state index is 10.2. The molecule has 1 radical (unpaired) electrons. The number of hydrogen-bond acceptors (Lipinski definition) is 2. The molecule has 223 valence electrons. The molecule has 1 atom stereocenters. The molecule has 0 aromatic rings. The van der Waals surface area contributed by atoms with Gasteiger partial charge in [-0.25, -0.2) is 0 Å². The van der Waals surface area contributed by atoms with Crippen LogP contribution in [0.2, 0.25) is 0 Å². The van der Waals surface area contributed by atoms with Crippen molar-refractivity contribution in [1.29, 1.82) is 0 Å². The van der Waals surface area contributed by atoms with Gasteiger partial charge in [-0.3, -0.25) is 0 Å². The van der Waals surface area contributed by atoms with Crippen molar-refractivity contribution in [2.24, 2.45) is 0 Å². The molecule has 0 aromatic carbocycles. The van der Waals surface area contributed by atoms with E-state index in [0.717, 1.165) is 12.8 Å². The van der Waals surface area contributed by atoms with Gasteiger partial charge in [-0.05, 0) is 12.8 Å². The molecule has 0 fully saturated rings. The van der Waals surface area contributed by atoms with E-state index in [0.29, 0.717) is 0 Å². The Hall–Kier alpha value is -0.0800. The Morgan fingerprint density at radius 1 is 0.378 bits per heavy atom. The van der Waals surface area contributed by atoms with Gasteiger partial charge in [-0.2, -0.15) is 0 Å². The van der Waals surface area contributed by atoms with Gasteiger partial charge < -0.3 is 10.2 Å². The Balaban J connectivity index is 3.50. The molecular weight excluding hydrogens is 452 g/mol. The minimum atomic E-state index is -0.594. The van der Waals surface area contributed by atoms with Crippen molar-refractivity contribution in [3.8, 4) is 0 Å². The van der Waals surface area contributed by atoms with Crippen LogP contribution in [0.3, 0.4) is 0 Å². The third kappa shape index (κ3) is 28.7. The first-order valence-electron chi connectivity index (χ1n) is 17.4. The van der Waals surface area contributed by atoms with Crippen LogP contribution >= 0.6 is 0 Å². The van der Waals surface area contributed by atoms with Gasteiger partial charge in [0.1, 0.15) is 0 Å². The maximum Gasteiger partial charge on any atom is 0.0833 e. The standard InChI is InChI=1S/C35H71O2/c1-3-5-7-9-11-13-15-17-19-21-23-25-27-29-31-34(35(37)33-36)32-30-28-26-24-22-20-18-16-14-12-10-8-6-4-2/h35-37H,3-33H2,1-2H3. The number of hydrogen-bond donors (Lipinski definition) is 2. The van der Waals surface area contributed by atoms with Gasteiger partial charge in [0.15, 0.2) is 0 Å². The molecule has 2 nitrogen and oxygen atoms in total. The molecular formula is C35H71O2. The van der Waals surface area contributed by atoms with E-state index < -0.39 is 6.10 Å². The molecule has 0 aliphatic rings. The summed E-state index contributed by atoms with van der Waals surface area (Å²) in [5.74, 6) is 1.21. The van der Waals surface area contributed by atoms with Crippen molar-refractivity contribution in [3.05, 3.63) is 5.92 Å². The van der Waals surface area contributed by atoms with Crippen LogP contribution in [-0.4, -0.2) is 22.9 Å². The second-order valence-electron chi connectivity index (χ2n) is 12.0. The second kappa shape index (κ2) is 32.1. The van der Waals surface area contributed by atoms with E-state index in [1.807, 2.05) is 0 Å². The molecule has 0 aromatic heterocycles. The van der Waals surface area contributed by atoms with Gasteiger partial charge >= 0.3 is 0 Å². The van der Waals surface area contributed by atoms with Crippen LogP contribution in [0, 0.1) is 5.92 Å². The van der Waals surface area contributed by atoms with E-state index in [9.17, 15) is 10.2 Å². The fourth-order valence-corrected chi connectivity index (χ4v) is 5.68. The van der Waals surface area contributed by atoms with Gasteiger partial charge in [-0.15, -0.1) is 0 Å². The molecule has 0 rings (SSSR count). The zero-order valence-electron chi connectivity index (χ0n) is 25.9. The molecule has 1 unspecified atom stereocenters. The van der Waals surface area contributed by atoms with Crippen molar-refractivity contribution < 1.29 is 10.2 Å². The van der Waals surface area contributed by atoms with Crippen molar-refractivity contribution >= 4 is 0 Å². The van der Waals surface area contributed by atoms with Gasteiger partial charge in [0.25, 0.3) is 0 Å². The van der Waals surface area contributed by atoms with Crippen LogP contribution in [0.1, 0.15) is 206 Å². The lowest BCUT2D eigenvalue weighted by atomic mass is 9.90. The first kappa shape index (κ1) is 36.9. The van der Waals surface area contributed by atoms with Gasteiger partial charge in [0, 0.05) is 5.92 Å². The highest BCUT2D eigenvalue weighted by Crippen LogP contribution is 2.24. The van der Waals surface area contributed by atoms with Crippen LogP contribution in [0.25, 0.3) is 0 Å². The Kier molecular flexibility index (Phi) is 32.1. The van der Waals surface area contributed by atoms with E-state index in [4.69, 9.17) is 0 Å². The van der Waals surface area contributed by atoms with Crippen LogP contribution in [0.15, 0.2) is 0 Å². The minimum Gasteiger partial charge on any atom is -0.394 e. The SMILES string of the molecule is CCCCCCCCCCCCCCCC[C](CCCCCCCCCCCCCCCC)C(O)CO. The van der Waals surface area contributed by atoms with Crippen LogP contribution < -0.4 is 0 Å². The highest BCUT2D eigenvalue weighted by Gasteiger charge is 2.18. The topological polar surface area (TPSA) is 40.5 Å². The largest absolute Gasteiger partial charge is 0.394 e. The molecule has 0 saturated carbocycles. The molecule has 0 spiro atoms. The Morgan fingerprint density at radius 3 is 0.811 bits per heavy atom. The summed E-state index contributed by atoms with van der Waals surface area (Å²) in [7, 11) is 0. The van der Waals surface area contributed by atoms with Gasteiger partial charge in [0.2, 0.25) is 0 Å². The lowest BCUT2D eigenvalue weighted by Gasteiger charge is -2.20. The predicted molar refractivity (Wildman–Crippen MR) is 166 cm³/mol.